The Labute approximate surface area is 162 Å². The molecule has 0 atom stereocenters. The van der Waals surface area contributed by atoms with E-state index >= 15 is 0 Å². The molecule has 1 aromatic rings. The number of alkyl carbamates (subject to hydrolysis) is 1. The molecule has 0 radical (unpaired) electrons. The van der Waals surface area contributed by atoms with Crippen molar-refractivity contribution < 1.29 is 18.8 Å². The molecule has 1 amide bonds. The molecular weight excluding hydrogens is 343 g/mol. The number of ether oxygens (including phenoxy) is 1. The maximum atomic E-state index is 11.6. The Hall–Kier alpha value is -1.86. The molecular formula is C20H31BN2O4. The van der Waals surface area contributed by atoms with Crippen LogP contribution in [-0.2, 0) is 14.0 Å². The molecule has 1 aliphatic heterocycles. The Morgan fingerprint density at radius 1 is 1.22 bits per heavy atom. The molecule has 2 rings (SSSR count). The molecule has 0 saturated carbocycles. The van der Waals surface area contributed by atoms with Crippen LogP contribution in [0.4, 0.5) is 4.79 Å². The first kappa shape index (κ1) is 21.4. The molecule has 1 aromatic heterocycles. The molecule has 1 aliphatic rings. The van der Waals surface area contributed by atoms with E-state index in [1.54, 1.807) is 12.4 Å². The number of aromatic nitrogens is 1. The van der Waals surface area contributed by atoms with E-state index in [-0.39, 0.29) is 11.2 Å². The summed E-state index contributed by atoms with van der Waals surface area (Å²) >= 11 is 0. The topological polar surface area (TPSA) is 69.7 Å². The Kier molecular flexibility index (Phi) is 6.37. The van der Waals surface area contributed by atoms with E-state index in [0.717, 1.165) is 11.0 Å². The van der Waals surface area contributed by atoms with E-state index in [2.05, 4.69) is 10.3 Å². The molecule has 1 saturated heterocycles. The third kappa shape index (κ3) is 6.08. The third-order valence-corrected chi connectivity index (χ3v) is 4.60. The summed E-state index contributed by atoms with van der Waals surface area (Å²) in [5.74, 6) is 0. The quantitative estimate of drug-likeness (QED) is 0.633. The highest BCUT2D eigenvalue weighted by Crippen LogP contribution is 2.36. The van der Waals surface area contributed by atoms with Crippen LogP contribution in [0.1, 0.15) is 60.5 Å². The van der Waals surface area contributed by atoms with Crippen LogP contribution in [0.3, 0.4) is 0 Å². The van der Waals surface area contributed by atoms with Gasteiger partial charge in [-0.3, -0.25) is 4.98 Å². The minimum atomic E-state index is -0.487. The van der Waals surface area contributed by atoms with Gasteiger partial charge in [-0.05, 0) is 60.5 Å². The molecule has 6 nitrogen and oxygen atoms in total. The van der Waals surface area contributed by atoms with Gasteiger partial charge in [0.2, 0.25) is 0 Å². The van der Waals surface area contributed by atoms with E-state index in [1.807, 2.05) is 66.7 Å². The smallest absolute Gasteiger partial charge is 0.444 e. The summed E-state index contributed by atoms with van der Waals surface area (Å²) in [7, 11) is -0.426. The van der Waals surface area contributed by atoms with E-state index in [1.165, 1.54) is 0 Å². The Morgan fingerprint density at radius 2 is 1.85 bits per heavy atom. The maximum Gasteiger partial charge on any atom is 0.496 e. The minimum absolute atomic E-state index is 0.378. The van der Waals surface area contributed by atoms with E-state index < -0.39 is 18.8 Å². The summed E-state index contributed by atoms with van der Waals surface area (Å²) in [6.45, 7) is 14.1. The molecule has 0 aromatic carbocycles. The number of carbonyl (C=O) groups is 1. The van der Waals surface area contributed by atoms with Gasteiger partial charge in [0.25, 0.3) is 0 Å². The SMILES string of the molecule is CC(C)(C)OC(=O)NCCC=Cc1cncc(B2OC(C)(C)C(C)(C)O2)c1. The third-order valence-electron chi connectivity index (χ3n) is 4.60. The summed E-state index contributed by atoms with van der Waals surface area (Å²) in [5.41, 5.74) is 0.606. The summed E-state index contributed by atoms with van der Waals surface area (Å²) < 4.78 is 17.3. The molecule has 27 heavy (non-hydrogen) atoms. The highest BCUT2D eigenvalue weighted by atomic mass is 16.7. The number of amides is 1. The number of nitrogens with zero attached hydrogens (tertiary/aromatic N) is 1. The van der Waals surface area contributed by atoms with Crippen LogP contribution in [0.2, 0.25) is 0 Å². The lowest BCUT2D eigenvalue weighted by Gasteiger charge is -2.32. The average Bonchev–Trinajstić information content (AvgIpc) is 2.74. The summed E-state index contributed by atoms with van der Waals surface area (Å²) in [4.78, 5) is 15.9. The summed E-state index contributed by atoms with van der Waals surface area (Å²) in [6.07, 6.45) is 7.80. The van der Waals surface area contributed by atoms with Crippen LogP contribution in [-0.4, -0.2) is 41.5 Å². The van der Waals surface area contributed by atoms with Crippen molar-refractivity contribution >= 4 is 24.8 Å². The van der Waals surface area contributed by atoms with Crippen molar-refractivity contribution in [3.8, 4) is 0 Å². The van der Waals surface area contributed by atoms with Gasteiger partial charge in [0.1, 0.15) is 5.60 Å². The normalized spacial score (nSPS) is 18.7. The summed E-state index contributed by atoms with van der Waals surface area (Å²) in [5, 5.41) is 2.73. The molecule has 2 heterocycles. The molecule has 1 fully saturated rings. The van der Waals surface area contributed by atoms with Gasteiger partial charge in [-0.1, -0.05) is 18.2 Å². The second-order valence-corrected chi connectivity index (χ2v) is 8.76. The van der Waals surface area contributed by atoms with Crippen LogP contribution in [0, 0.1) is 0 Å². The largest absolute Gasteiger partial charge is 0.496 e. The fourth-order valence-corrected chi connectivity index (χ4v) is 2.47. The van der Waals surface area contributed by atoms with Gasteiger partial charge < -0.3 is 19.4 Å². The Balaban J connectivity index is 1.87. The lowest BCUT2D eigenvalue weighted by atomic mass is 9.80. The van der Waals surface area contributed by atoms with Crippen molar-refractivity contribution in [2.75, 3.05) is 6.54 Å². The highest BCUT2D eigenvalue weighted by molar-refractivity contribution is 6.62. The number of rotatable bonds is 5. The van der Waals surface area contributed by atoms with Crippen LogP contribution in [0.15, 0.2) is 24.5 Å². The first-order valence-corrected chi connectivity index (χ1v) is 9.34. The van der Waals surface area contributed by atoms with Crippen LogP contribution < -0.4 is 10.8 Å². The zero-order chi connectivity index (χ0) is 20.3. The molecule has 148 valence electrons. The van der Waals surface area contributed by atoms with Crippen molar-refractivity contribution in [3.63, 3.8) is 0 Å². The lowest BCUT2D eigenvalue weighted by Crippen LogP contribution is -2.41. The van der Waals surface area contributed by atoms with Crippen molar-refractivity contribution in [2.24, 2.45) is 0 Å². The molecule has 0 unspecified atom stereocenters. The number of hydrogen-bond donors (Lipinski definition) is 1. The first-order valence-electron chi connectivity index (χ1n) is 9.34. The van der Waals surface area contributed by atoms with Gasteiger partial charge in [-0.2, -0.15) is 0 Å². The Bertz CT molecular complexity index is 679. The van der Waals surface area contributed by atoms with Gasteiger partial charge in [0.05, 0.1) is 11.2 Å². The highest BCUT2D eigenvalue weighted by Gasteiger charge is 2.51. The van der Waals surface area contributed by atoms with Crippen molar-refractivity contribution in [3.05, 3.63) is 30.1 Å². The second kappa shape index (κ2) is 8.03. The molecule has 0 aliphatic carbocycles. The van der Waals surface area contributed by atoms with Crippen LogP contribution in [0.5, 0.6) is 0 Å². The fraction of sp³-hybridized carbons (Fsp3) is 0.600. The lowest BCUT2D eigenvalue weighted by molar-refractivity contribution is 0.00578. The maximum absolute atomic E-state index is 11.6. The standard InChI is InChI=1S/C20H31BN2O4/c1-18(2,3)25-17(24)23-11-9-8-10-15-12-16(14-22-13-15)21-26-19(4,5)20(6,7)27-21/h8,10,12-14H,9,11H2,1-7H3,(H,23,24). The minimum Gasteiger partial charge on any atom is -0.444 e. The van der Waals surface area contributed by atoms with Gasteiger partial charge in [0, 0.05) is 24.4 Å². The van der Waals surface area contributed by atoms with Crippen LogP contribution in [0.25, 0.3) is 6.08 Å². The fourth-order valence-electron chi connectivity index (χ4n) is 2.47. The predicted molar refractivity (Wildman–Crippen MR) is 108 cm³/mol. The van der Waals surface area contributed by atoms with Crippen LogP contribution >= 0.6 is 0 Å². The number of carbonyl (C=O) groups excluding carboxylic acids is 1. The second-order valence-electron chi connectivity index (χ2n) is 8.76. The zero-order valence-electron chi connectivity index (χ0n) is 17.5. The molecule has 1 N–H and O–H groups in total. The van der Waals surface area contributed by atoms with Gasteiger partial charge >= 0.3 is 13.2 Å². The predicted octanol–water partition coefficient (Wildman–Crippen LogP) is 3.31. The molecule has 7 heteroatoms. The number of nitrogens with one attached hydrogen (secondary N) is 1. The van der Waals surface area contributed by atoms with E-state index in [9.17, 15) is 4.79 Å². The van der Waals surface area contributed by atoms with Gasteiger partial charge in [0.15, 0.2) is 0 Å². The monoisotopic (exact) mass is 374 g/mol. The van der Waals surface area contributed by atoms with Gasteiger partial charge in [-0.25, -0.2) is 4.79 Å². The molecule has 0 bridgehead atoms. The molecule has 0 spiro atoms. The average molecular weight is 374 g/mol. The van der Waals surface area contributed by atoms with E-state index in [0.29, 0.717) is 13.0 Å². The van der Waals surface area contributed by atoms with Crippen molar-refractivity contribution in [1.82, 2.24) is 10.3 Å². The first-order chi connectivity index (χ1) is 12.4. The zero-order valence-corrected chi connectivity index (χ0v) is 17.5. The van der Waals surface area contributed by atoms with Crippen molar-refractivity contribution in [2.45, 2.75) is 71.7 Å². The number of hydrogen-bond acceptors (Lipinski definition) is 5. The van der Waals surface area contributed by atoms with E-state index in [4.69, 9.17) is 14.0 Å². The number of pyridine rings is 1. The summed E-state index contributed by atoms with van der Waals surface area (Å²) in [6, 6.07) is 2.01. The van der Waals surface area contributed by atoms with Crippen molar-refractivity contribution in [1.29, 1.82) is 0 Å². The Morgan fingerprint density at radius 3 is 2.44 bits per heavy atom. The van der Waals surface area contributed by atoms with Gasteiger partial charge in [-0.15, -0.1) is 0 Å².